The normalized spacial score (nSPS) is 26.5. The molecule has 1 aromatic heterocycles. The Morgan fingerprint density at radius 1 is 1.27 bits per heavy atom. The van der Waals surface area contributed by atoms with Crippen LogP contribution in [-0.2, 0) is 10.0 Å². The number of hydrogen-bond donors (Lipinski definition) is 0. The van der Waals surface area contributed by atoms with Gasteiger partial charge in [-0.25, -0.2) is 8.42 Å². The highest BCUT2D eigenvalue weighted by Crippen LogP contribution is 2.39. The first-order valence-corrected chi connectivity index (χ1v) is 9.44. The maximum absolute atomic E-state index is 12.6. The molecule has 2 saturated heterocycles. The number of carbonyl (C=O) groups excluding carboxylic acids is 1. The molecule has 0 aliphatic carbocycles. The molecule has 2 aliphatic rings. The van der Waals surface area contributed by atoms with E-state index in [1.165, 1.54) is 6.26 Å². The molecule has 1 atom stereocenters. The number of rotatable bonds is 2. The molecule has 3 heterocycles. The number of amides is 1. The lowest BCUT2D eigenvalue weighted by Crippen LogP contribution is -2.58. The van der Waals surface area contributed by atoms with Gasteiger partial charge in [-0.2, -0.15) is 4.31 Å². The van der Waals surface area contributed by atoms with Gasteiger partial charge in [0.2, 0.25) is 10.0 Å². The molecule has 0 N–H and O–H groups in total. The third-order valence-corrected chi connectivity index (χ3v) is 6.05. The lowest BCUT2D eigenvalue weighted by molar-refractivity contribution is 0.0524. The van der Waals surface area contributed by atoms with Gasteiger partial charge in [0.05, 0.1) is 17.4 Å². The molecular formula is C15H21N3O3S. The van der Waals surface area contributed by atoms with Gasteiger partial charge in [-0.05, 0) is 37.8 Å². The zero-order valence-corrected chi connectivity index (χ0v) is 13.6. The highest BCUT2D eigenvalue weighted by molar-refractivity contribution is 7.88. The van der Waals surface area contributed by atoms with Gasteiger partial charge in [-0.1, -0.05) is 0 Å². The Balaban J connectivity index is 1.84. The average molecular weight is 323 g/mol. The van der Waals surface area contributed by atoms with Crippen LogP contribution in [0.15, 0.2) is 24.5 Å². The van der Waals surface area contributed by atoms with E-state index in [0.29, 0.717) is 25.2 Å². The first-order chi connectivity index (χ1) is 10.4. The van der Waals surface area contributed by atoms with Crippen LogP contribution < -0.4 is 0 Å². The van der Waals surface area contributed by atoms with Gasteiger partial charge in [0.25, 0.3) is 5.91 Å². The van der Waals surface area contributed by atoms with E-state index < -0.39 is 15.6 Å². The van der Waals surface area contributed by atoms with Crippen LogP contribution in [-0.4, -0.2) is 59.9 Å². The predicted molar refractivity (Wildman–Crippen MR) is 82.9 cm³/mol. The molecule has 3 rings (SSSR count). The van der Waals surface area contributed by atoms with Crippen molar-refractivity contribution < 1.29 is 13.2 Å². The van der Waals surface area contributed by atoms with Gasteiger partial charge in [0, 0.05) is 32.0 Å². The van der Waals surface area contributed by atoms with E-state index in [4.69, 9.17) is 0 Å². The smallest absolute Gasteiger partial charge is 0.255 e. The second-order valence-corrected chi connectivity index (χ2v) is 8.14. The molecule has 6 nitrogen and oxygen atoms in total. The number of hydrogen-bond acceptors (Lipinski definition) is 4. The second-order valence-electron chi connectivity index (χ2n) is 6.23. The summed E-state index contributed by atoms with van der Waals surface area (Å²) in [5.41, 5.74) is 0.146. The molecule has 0 radical (unpaired) electrons. The first kappa shape index (κ1) is 15.4. The first-order valence-electron chi connectivity index (χ1n) is 7.60. The van der Waals surface area contributed by atoms with Gasteiger partial charge in [-0.3, -0.25) is 9.78 Å². The topological polar surface area (TPSA) is 70.6 Å². The average Bonchev–Trinajstić information content (AvgIpc) is 2.90. The summed E-state index contributed by atoms with van der Waals surface area (Å²) in [6, 6.07) is 3.49. The van der Waals surface area contributed by atoms with Gasteiger partial charge in [0.15, 0.2) is 0 Å². The van der Waals surface area contributed by atoms with Crippen molar-refractivity contribution in [3.05, 3.63) is 30.1 Å². The fraction of sp³-hybridized carbons (Fsp3) is 0.600. The Labute approximate surface area is 131 Å². The van der Waals surface area contributed by atoms with E-state index in [-0.39, 0.29) is 5.91 Å². The van der Waals surface area contributed by atoms with E-state index in [1.807, 2.05) is 0 Å². The highest BCUT2D eigenvalue weighted by Gasteiger charge is 2.48. The fourth-order valence-corrected chi connectivity index (χ4v) is 5.20. The summed E-state index contributed by atoms with van der Waals surface area (Å²) < 4.78 is 25.7. The molecule has 1 amide bonds. The van der Waals surface area contributed by atoms with Gasteiger partial charge < -0.3 is 4.90 Å². The summed E-state index contributed by atoms with van der Waals surface area (Å²) in [5, 5.41) is 0. The largest absolute Gasteiger partial charge is 0.337 e. The Kier molecular flexibility index (Phi) is 3.94. The minimum Gasteiger partial charge on any atom is -0.337 e. The lowest BCUT2D eigenvalue weighted by Gasteiger charge is -2.44. The van der Waals surface area contributed by atoms with E-state index >= 15 is 0 Å². The van der Waals surface area contributed by atoms with Crippen molar-refractivity contribution >= 4 is 15.9 Å². The number of carbonyl (C=O) groups is 1. The van der Waals surface area contributed by atoms with E-state index in [9.17, 15) is 13.2 Å². The van der Waals surface area contributed by atoms with Crippen molar-refractivity contribution in [3.63, 3.8) is 0 Å². The number of aromatic nitrogens is 1. The van der Waals surface area contributed by atoms with Gasteiger partial charge >= 0.3 is 0 Å². The van der Waals surface area contributed by atoms with Crippen molar-refractivity contribution in [2.45, 2.75) is 31.2 Å². The molecule has 0 saturated carbocycles. The van der Waals surface area contributed by atoms with Crippen molar-refractivity contribution in [2.24, 2.45) is 0 Å². The Hall–Kier alpha value is -1.47. The van der Waals surface area contributed by atoms with Crippen molar-refractivity contribution in [1.29, 1.82) is 0 Å². The molecular weight excluding hydrogens is 302 g/mol. The van der Waals surface area contributed by atoms with Gasteiger partial charge in [-0.15, -0.1) is 0 Å². The quantitative estimate of drug-likeness (QED) is 0.817. The number of piperidine rings is 1. The minimum atomic E-state index is -3.24. The highest BCUT2D eigenvalue weighted by atomic mass is 32.2. The summed E-state index contributed by atoms with van der Waals surface area (Å²) >= 11 is 0. The zero-order chi connectivity index (χ0) is 15.8. The number of likely N-dealkylation sites (tertiary alicyclic amines) is 1. The molecule has 0 aromatic carbocycles. The predicted octanol–water partition coefficient (Wildman–Crippen LogP) is 1.11. The summed E-state index contributed by atoms with van der Waals surface area (Å²) in [5.74, 6) is -0.0625. The molecule has 1 aromatic rings. The summed E-state index contributed by atoms with van der Waals surface area (Å²) in [4.78, 5) is 18.4. The van der Waals surface area contributed by atoms with Crippen LogP contribution >= 0.6 is 0 Å². The number of pyridine rings is 1. The summed E-state index contributed by atoms with van der Waals surface area (Å²) in [6.07, 6.45) is 7.82. The maximum atomic E-state index is 12.6. The molecule has 0 unspecified atom stereocenters. The molecule has 2 fully saturated rings. The van der Waals surface area contributed by atoms with E-state index in [2.05, 4.69) is 4.98 Å². The van der Waals surface area contributed by atoms with E-state index in [1.54, 1.807) is 33.7 Å². The molecule has 0 bridgehead atoms. The van der Waals surface area contributed by atoms with Crippen molar-refractivity contribution in [3.8, 4) is 0 Å². The molecule has 2 aliphatic heterocycles. The van der Waals surface area contributed by atoms with E-state index in [0.717, 1.165) is 25.7 Å². The van der Waals surface area contributed by atoms with Crippen LogP contribution in [0.3, 0.4) is 0 Å². The zero-order valence-electron chi connectivity index (χ0n) is 12.7. The monoisotopic (exact) mass is 323 g/mol. The Morgan fingerprint density at radius 2 is 2.00 bits per heavy atom. The SMILES string of the molecule is CS(=O)(=O)N1CCC[C@@]12CCCN(C(=O)c1cccnc1)C2. The van der Waals surface area contributed by atoms with Crippen LogP contribution in [0.5, 0.6) is 0 Å². The molecule has 120 valence electrons. The van der Waals surface area contributed by atoms with Gasteiger partial charge in [0.1, 0.15) is 0 Å². The Bertz CT molecular complexity index is 662. The third kappa shape index (κ3) is 2.75. The van der Waals surface area contributed by atoms with Crippen LogP contribution in [0.2, 0.25) is 0 Å². The summed E-state index contributed by atoms with van der Waals surface area (Å²) in [6.45, 7) is 1.72. The molecule has 22 heavy (non-hydrogen) atoms. The van der Waals surface area contributed by atoms with Crippen LogP contribution in [0, 0.1) is 0 Å². The number of sulfonamides is 1. The second kappa shape index (κ2) is 5.62. The van der Waals surface area contributed by atoms with Crippen LogP contribution in [0.25, 0.3) is 0 Å². The molecule has 1 spiro atoms. The van der Waals surface area contributed by atoms with Crippen molar-refractivity contribution in [2.75, 3.05) is 25.9 Å². The number of nitrogens with zero attached hydrogens (tertiary/aromatic N) is 3. The van der Waals surface area contributed by atoms with Crippen molar-refractivity contribution in [1.82, 2.24) is 14.2 Å². The maximum Gasteiger partial charge on any atom is 0.255 e. The lowest BCUT2D eigenvalue weighted by atomic mass is 9.87. The molecule has 7 heteroatoms. The summed E-state index contributed by atoms with van der Waals surface area (Å²) in [7, 11) is -3.24. The minimum absolute atomic E-state index is 0.0625. The standard InChI is InChI=1S/C15H21N3O3S/c1-22(20,21)18-10-4-7-15(18)6-3-9-17(12-15)14(19)13-5-2-8-16-11-13/h2,5,8,11H,3-4,6-7,9-10,12H2,1H3/t15-/m1/s1. The fourth-order valence-electron chi connectivity index (χ4n) is 3.80. The Morgan fingerprint density at radius 3 is 2.64 bits per heavy atom. The third-order valence-electron chi connectivity index (χ3n) is 4.68. The van der Waals surface area contributed by atoms with Crippen LogP contribution in [0.1, 0.15) is 36.0 Å². The van der Waals surface area contributed by atoms with Crippen LogP contribution in [0.4, 0.5) is 0 Å².